The number of rotatable bonds is 5. The fraction of sp³-hybridized carbons (Fsp3) is 0.533. The molecule has 0 aromatic heterocycles. The van der Waals surface area contributed by atoms with Crippen molar-refractivity contribution in [3.05, 3.63) is 35.4 Å². The maximum Gasteiger partial charge on any atom is 0.222 e. The minimum Gasteiger partial charge on any atom is -0.359 e. The molecule has 1 aliphatic carbocycles. The molecule has 1 unspecified atom stereocenters. The van der Waals surface area contributed by atoms with E-state index in [1.54, 1.807) is 7.05 Å². The molecule has 1 aliphatic rings. The maximum atomic E-state index is 11.6. The van der Waals surface area contributed by atoms with Gasteiger partial charge >= 0.3 is 0 Å². The quantitative estimate of drug-likeness (QED) is 0.830. The van der Waals surface area contributed by atoms with E-state index < -0.39 is 0 Å². The summed E-state index contributed by atoms with van der Waals surface area (Å²) in [6.45, 7) is 1.96. The zero-order valence-electron chi connectivity index (χ0n) is 11.2. The van der Waals surface area contributed by atoms with Crippen molar-refractivity contribution in [2.24, 2.45) is 11.7 Å². The van der Waals surface area contributed by atoms with Gasteiger partial charge in [0, 0.05) is 18.5 Å². The molecule has 1 fully saturated rings. The molecule has 1 aromatic rings. The number of hydrogen-bond donors (Lipinski definition) is 2. The zero-order chi connectivity index (χ0) is 13.2. The highest BCUT2D eigenvalue weighted by molar-refractivity contribution is 5.78. The summed E-state index contributed by atoms with van der Waals surface area (Å²) in [6, 6.07) is 8.33. The van der Waals surface area contributed by atoms with E-state index in [0.717, 1.165) is 25.7 Å². The number of amides is 1. The van der Waals surface area contributed by atoms with Gasteiger partial charge in [-0.25, -0.2) is 0 Å². The van der Waals surface area contributed by atoms with E-state index in [0.29, 0.717) is 0 Å². The van der Waals surface area contributed by atoms with Crippen molar-refractivity contribution in [3.63, 3.8) is 0 Å². The summed E-state index contributed by atoms with van der Waals surface area (Å²) >= 11 is 0. The first kappa shape index (κ1) is 13.1. The molecule has 0 spiro atoms. The maximum absolute atomic E-state index is 11.6. The minimum atomic E-state index is 0.00378. The van der Waals surface area contributed by atoms with Crippen LogP contribution in [0.5, 0.6) is 0 Å². The van der Waals surface area contributed by atoms with E-state index in [9.17, 15) is 4.79 Å². The van der Waals surface area contributed by atoms with Gasteiger partial charge < -0.3 is 11.1 Å². The van der Waals surface area contributed by atoms with Crippen LogP contribution in [0.15, 0.2) is 24.3 Å². The molecule has 1 saturated carbocycles. The van der Waals surface area contributed by atoms with Crippen LogP contribution in [0.1, 0.15) is 30.9 Å². The Balaban J connectivity index is 2.09. The number of hydrogen-bond acceptors (Lipinski definition) is 2. The van der Waals surface area contributed by atoms with Crippen molar-refractivity contribution in [1.29, 1.82) is 0 Å². The predicted molar refractivity (Wildman–Crippen MR) is 73.2 cm³/mol. The van der Waals surface area contributed by atoms with Crippen molar-refractivity contribution < 1.29 is 4.79 Å². The first-order valence-corrected chi connectivity index (χ1v) is 6.61. The lowest BCUT2D eigenvalue weighted by Crippen LogP contribution is -2.28. The molecule has 0 bridgehead atoms. The molecule has 3 nitrogen and oxygen atoms in total. The summed E-state index contributed by atoms with van der Waals surface area (Å²) in [7, 11) is 1.68. The van der Waals surface area contributed by atoms with Gasteiger partial charge in [0.1, 0.15) is 0 Å². The molecule has 0 radical (unpaired) electrons. The highest BCUT2D eigenvalue weighted by atomic mass is 16.1. The highest BCUT2D eigenvalue weighted by Crippen LogP contribution is 2.36. The molecule has 1 atom stereocenters. The highest BCUT2D eigenvalue weighted by Gasteiger charge is 2.38. The predicted octanol–water partition coefficient (Wildman–Crippen LogP) is 1.64. The molecule has 1 amide bonds. The molecule has 0 saturated heterocycles. The summed E-state index contributed by atoms with van der Waals surface area (Å²) in [6.07, 6.45) is 3.95. The average molecular weight is 246 g/mol. The molecule has 2 rings (SSSR count). The fourth-order valence-electron chi connectivity index (χ4n) is 2.31. The third-order valence-corrected chi connectivity index (χ3v) is 3.77. The zero-order valence-corrected chi connectivity index (χ0v) is 11.2. The monoisotopic (exact) mass is 246 g/mol. The van der Waals surface area contributed by atoms with Gasteiger partial charge in [0.2, 0.25) is 5.91 Å². The molecule has 0 heterocycles. The van der Waals surface area contributed by atoms with Gasteiger partial charge in [0.05, 0.1) is 0 Å². The van der Waals surface area contributed by atoms with Crippen molar-refractivity contribution in [2.45, 2.75) is 38.1 Å². The molecule has 3 N–H and O–H groups in total. The standard InChI is InChI=1S/C15H22N2O/c1-11(14(18)17-2)9-12-5-3-4-6-13(12)10-15(16)7-8-15/h3-6,11H,7-10,16H2,1-2H3,(H,17,18). The van der Waals surface area contributed by atoms with Crippen LogP contribution in [0, 0.1) is 5.92 Å². The lowest BCUT2D eigenvalue weighted by molar-refractivity contribution is -0.123. The largest absolute Gasteiger partial charge is 0.359 e. The smallest absolute Gasteiger partial charge is 0.222 e. The van der Waals surface area contributed by atoms with Crippen LogP contribution in [-0.4, -0.2) is 18.5 Å². The van der Waals surface area contributed by atoms with E-state index in [4.69, 9.17) is 5.73 Å². The molecule has 3 heteroatoms. The number of benzene rings is 1. The van der Waals surface area contributed by atoms with Gasteiger partial charge in [-0.05, 0) is 36.8 Å². The molecular weight excluding hydrogens is 224 g/mol. The summed E-state index contributed by atoms with van der Waals surface area (Å²) < 4.78 is 0. The lowest BCUT2D eigenvalue weighted by atomic mass is 9.92. The Morgan fingerprint density at radius 3 is 2.56 bits per heavy atom. The Morgan fingerprint density at radius 1 is 1.39 bits per heavy atom. The van der Waals surface area contributed by atoms with Crippen molar-refractivity contribution >= 4 is 5.91 Å². The minimum absolute atomic E-state index is 0.00378. The second-order valence-electron chi connectivity index (χ2n) is 5.53. The van der Waals surface area contributed by atoms with E-state index in [2.05, 4.69) is 23.5 Å². The van der Waals surface area contributed by atoms with Crippen LogP contribution in [0.2, 0.25) is 0 Å². The first-order valence-electron chi connectivity index (χ1n) is 6.61. The molecule has 1 aromatic carbocycles. The van der Waals surface area contributed by atoms with Crippen LogP contribution in [-0.2, 0) is 17.6 Å². The molecular formula is C15H22N2O. The van der Waals surface area contributed by atoms with Gasteiger partial charge in [0.15, 0.2) is 0 Å². The van der Waals surface area contributed by atoms with Gasteiger partial charge in [-0.1, -0.05) is 31.2 Å². The van der Waals surface area contributed by atoms with Gasteiger partial charge in [-0.3, -0.25) is 4.79 Å². The molecule has 98 valence electrons. The third kappa shape index (κ3) is 3.10. The Kier molecular flexibility index (Phi) is 3.71. The van der Waals surface area contributed by atoms with E-state index in [1.165, 1.54) is 11.1 Å². The second-order valence-corrected chi connectivity index (χ2v) is 5.53. The second kappa shape index (κ2) is 5.11. The van der Waals surface area contributed by atoms with Gasteiger partial charge in [-0.2, -0.15) is 0 Å². The first-order chi connectivity index (χ1) is 8.54. The number of carbonyl (C=O) groups is 1. The average Bonchev–Trinajstić information content (AvgIpc) is 3.08. The SMILES string of the molecule is CNC(=O)C(C)Cc1ccccc1CC1(N)CC1. The summed E-state index contributed by atoms with van der Waals surface area (Å²) in [5, 5.41) is 2.70. The van der Waals surface area contributed by atoms with Crippen LogP contribution in [0.3, 0.4) is 0 Å². The summed E-state index contributed by atoms with van der Waals surface area (Å²) in [5.74, 6) is 0.0998. The topological polar surface area (TPSA) is 55.1 Å². The Morgan fingerprint density at radius 2 is 2.00 bits per heavy atom. The molecule has 0 aliphatic heterocycles. The Hall–Kier alpha value is -1.35. The number of carbonyl (C=O) groups excluding carboxylic acids is 1. The Bertz CT molecular complexity index is 438. The van der Waals surface area contributed by atoms with Gasteiger partial charge in [-0.15, -0.1) is 0 Å². The molecule has 18 heavy (non-hydrogen) atoms. The van der Waals surface area contributed by atoms with Crippen LogP contribution >= 0.6 is 0 Å². The normalized spacial score (nSPS) is 18.2. The Labute approximate surface area is 109 Å². The summed E-state index contributed by atoms with van der Waals surface area (Å²) in [5.41, 5.74) is 8.76. The third-order valence-electron chi connectivity index (χ3n) is 3.77. The van der Waals surface area contributed by atoms with Crippen LogP contribution in [0.25, 0.3) is 0 Å². The summed E-state index contributed by atoms with van der Waals surface area (Å²) in [4.78, 5) is 11.6. The number of nitrogens with two attached hydrogens (primary N) is 1. The number of nitrogens with one attached hydrogen (secondary N) is 1. The van der Waals surface area contributed by atoms with E-state index >= 15 is 0 Å². The van der Waals surface area contributed by atoms with Crippen molar-refractivity contribution in [3.8, 4) is 0 Å². The van der Waals surface area contributed by atoms with Crippen LogP contribution < -0.4 is 11.1 Å². The van der Waals surface area contributed by atoms with E-state index in [-0.39, 0.29) is 17.4 Å². The van der Waals surface area contributed by atoms with Crippen molar-refractivity contribution in [1.82, 2.24) is 5.32 Å². The lowest BCUT2D eigenvalue weighted by Gasteiger charge is -2.16. The van der Waals surface area contributed by atoms with Crippen molar-refractivity contribution in [2.75, 3.05) is 7.05 Å². The van der Waals surface area contributed by atoms with Crippen LogP contribution in [0.4, 0.5) is 0 Å². The van der Waals surface area contributed by atoms with E-state index in [1.807, 2.05) is 13.0 Å². The fourth-order valence-corrected chi connectivity index (χ4v) is 2.31. The van der Waals surface area contributed by atoms with Gasteiger partial charge in [0.25, 0.3) is 0 Å².